The standard InChI is InChI=1S/C14H26N4/c1-11(2)13(14-15-10-16-18(14)3)17-12-8-6-4-5-7-9-12/h10-13,17H,4-9H2,1-3H3/t13-/m1/s1. The number of rotatable bonds is 4. The molecule has 1 aliphatic carbocycles. The lowest BCUT2D eigenvalue weighted by Gasteiger charge is -2.27. The molecule has 2 rings (SSSR count). The van der Waals surface area contributed by atoms with E-state index in [1.54, 1.807) is 6.33 Å². The van der Waals surface area contributed by atoms with Crippen LogP contribution in [0, 0.1) is 5.92 Å². The second-order valence-corrected chi connectivity index (χ2v) is 5.82. The molecule has 4 nitrogen and oxygen atoms in total. The van der Waals surface area contributed by atoms with E-state index in [4.69, 9.17) is 0 Å². The van der Waals surface area contributed by atoms with Crippen LogP contribution in [0.25, 0.3) is 0 Å². The highest BCUT2D eigenvalue weighted by Gasteiger charge is 2.24. The summed E-state index contributed by atoms with van der Waals surface area (Å²) in [6.45, 7) is 4.51. The average Bonchev–Trinajstić information content (AvgIpc) is 2.62. The highest BCUT2D eigenvalue weighted by atomic mass is 15.3. The van der Waals surface area contributed by atoms with Crippen molar-refractivity contribution in [3.63, 3.8) is 0 Å². The van der Waals surface area contributed by atoms with Gasteiger partial charge in [-0.25, -0.2) is 4.98 Å². The van der Waals surface area contributed by atoms with Gasteiger partial charge in [-0.1, -0.05) is 39.5 Å². The number of aryl methyl sites for hydroxylation is 1. The molecule has 1 atom stereocenters. The first-order valence-electron chi connectivity index (χ1n) is 7.28. The van der Waals surface area contributed by atoms with E-state index in [-0.39, 0.29) is 0 Å². The van der Waals surface area contributed by atoms with Crippen LogP contribution in [0.5, 0.6) is 0 Å². The quantitative estimate of drug-likeness (QED) is 0.836. The van der Waals surface area contributed by atoms with Gasteiger partial charge in [0, 0.05) is 13.1 Å². The zero-order chi connectivity index (χ0) is 13.0. The summed E-state index contributed by atoms with van der Waals surface area (Å²) in [7, 11) is 1.98. The monoisotopic (exact) mass is 250 g/mol. The Labute approximate surface area is 110 Å². The summed E-state index contributed by atoms with van der Waals surface area (Å²) in [6, 6.07) is 0.970. The molecule has 0 bridgehead atoms. The minimum atomic E-state index is 0.320. The maximum atomic E-state index is 4.42. The molecule has 1 fully saturated rings. The van der Waals surface area contributed by atoms with Gasteiger partial charge < -0.3 is 5.32 Å². The summed E-state index contributed by atoms with van der Waals surface area (Å²) in [5.41, 5.74) is 0. The Balaban J connectivity index is 2.04. The maximum Gasteiger partial charge on any atom is 0.143 e. The molecule has 0 radical (unpaired) electrons. The number of hydrogen-bond acceptors (Lipinski definition) is 3. The van der Waals surface area contributed by atoms with E-state index in [0.29, 0.717) is 18.0 Å². The Morgan fingerprint density at radius 3 is 2.39 bits per heavy atom. The first-order chi connectivity index (χ1) is 8.68. The molecule has 18 heavy (non-hydrogen) atoms. The lowest BCUT2D eigenvalue weighted by Crippen LogP contribution is -2.36. The molecular formula is C14H26N4. The third-order valence-electron chi connectivity index (χ3n) is 3.96. The zero-order valence-corrected chi connectivity index (χ0v) is 11.9. The van der Waals surface area contributed by atoms with Crippen LogP contribution in [0.2, 0.25) is 0 Å². The summed E-state index contributed by atoms with van der Waals surface area (Å²) < 4.78 is 1.90. The molecule has 1 aromatic heterocycles. The Bertz CT molecular complexity index is 350. The number of aromatic nitrogens is 3. The van der Waals surface area contributed by atoms with Crippen LogP contribution in [0.4, 0.5) is 0 Å². The van der Waals surface area contributed by atoms with Gasteiger partial charge in [0.05, 0.1) is 6.04 Å². The molecule has 0 aliphatic heterocycles. The lowest BCUT2D eigenvalue weighted by molar-refractivity contribution is 0.319. The van der Waals surface area contributed by atoms with Crippen molar-refractivity contribution >= 4 is 0 Å². The molecule has 0 unspecified atom stereocenters. The molecule has 1 heterocycles. The van der Waals surface area contributed by atoms with Crippen molar-refractivity contribution in [3.8, 4) is 0 Å². The van der Waals surface area contributed by atoms with Gasteiger partial charge in [0.25, 0.3) is 0 Å². The van der Waals surface area contributed by atoms with Crippen molar-refractivity contribution in [2.24, 2.45) is 13.0 Å². The molecular weight excluding hydrogens is 224 g/mol. The van der Waals surface area contributed by atoms with E-state index in [1.807, 2.05) is 11.7 Å². The van der Waals surface area contributed by atoms with Crippen molar-refractivity contribution < 1.29 is 0 Å². The van der Waals surface area contributed by atoms with Gasteiger partial charge in [0.15, 0.2) is 0 Å². The number of nitrogens with zero attached hydrogens (tertiary/aromatic N) is 3. The first-order valence-corrected chi connectivity index (χ1v) is 7.28. The molecule has 1 saturated carbocycles. The minimum Gasteiger partial charge on any atom is -0.304 e. The van der Waals surface area contributed by atoms with Crippen LogP contribution >= 0.6 is 0 Å². The van der Waals surface area contributed by atoms with Crippen LogP contribution < -0.4 is 5.32 Å². The van der Waals surface area contributed by atoms with Gasteiger partial charge in [0.1, 0.15) is 12.2 Å². The fourth-order valence-electron chi connectivity index (χ4n) is 2.85. The highest BCUT2D eigenvalue weighted by Crippen LogP contribution is 2.24. The predicted octanol–water partition coefficient (Wildman–Crippen LogP) is 2.82. The van der Waals surface area contributed by atoms with Crippen LogP contribution in [0.3, 0.4) is 0 Å². The lowest BCUT2D eigenvalue weighted by atomic mass is 10.00. The van der Waals surface area contributed by atoms with Crippen molar-refractivity contribution in [2.75, 3.05) is 0 Å². The Hall–Kier alpha value is -0.900. The summed E-state index contributed by atoms with van der Waals surface area (Å²) in [6.07, 6.45) is 9.78. The molecule has 0 aromatic carbocycles. The molecule has 1 aromatic rings. The summed E-state index contributed by atoms with van der Waals surface area (Å²) in [4.78, 5) is 4.42. The fourth-order valence-corrected chi connectivity index (χ4v) is 2.85. The second-order valence-electron chi connectivity index (χ2n) is 5.82. The third kappa shape index (κ3) is 3.31. The molecule has 102 valence electrons. The van der Waals surface area contributed by atoms with Crippen molar-refractivity contribution in [1.82, 2.24) is 20.1 Å². The third-order valence-corrected chi connectivity index (χ3v) is 3.96. The summed E-state index contributed by atoms with van der Waals surface area (Å²) in [5.74, 6) is 1.60. The van der Waals surface area contributed by atoms with Crippen molar-refractivity contribution in [2.45, 2.75) is 64.5 Å². The first kappa shape index (κ1) is 13.5. The van der Waals surface area contributed by atoms with Crippen molar-refractivity contribution in [1.29, 1.82) is 0 Å². The highest BCUT2D eigenvalue weighted by molar-refractivity contribution is 4.96. The van der Waals surface area contributed by atoms with Crippen LogP contribution in [-0.4, -0.2) is 20.8 Å². The van der Waals surface area contributed by atoms with Gasteiger partial charge in [-0.05, 0) is 18.8 Å². The average molecular weight is 250 g/mol. The molecule has 0 saturated heterocycles. The minimum absolute atomic E-state index is 0.320. The van der Waals surface area contributed by atoms with Gasteiger partial charge in [-0.3, -0.25) is 4.68 Å². The number of hydrogen-bond donors (Lipinski definition) is 1. The van der Waals surface area contributed by atoms with Crippen LogP contribution in [-0.2, 0) is 7.05 Å². The molecule has 0 spiro atoms. The SMILES string of the molecule is CC(C)[C@@H](NC1CCCCCC1)c1ncnn1C. The van der Waals surface area contributed by atoms with E-state index in [1.165, 1.54) is 38.5 Å². The fraction of sp³-hybridized carbons (Fsp3) is 0.857. The van der Waals surface area contributed by atoms with E-state index in [0.717, 1.165) is 5.82 Å². The second kappa shape index (κ2) is 6.32. The van der Waals surface area contributed by atoms with Gasteiger partial charge in [-0.15, -0.1) is 0 Å². The normalized spacial score (nSPS) is 20.0. The van der Waals surface area contributed by atoms with Crippen LogP contribution in [0.1, 0.15) is 64.2 Å². The van der Waals surface area contributed by atoms with Gasteiger partial charge in [-0.2, -0.15) is 5.10 Å². The van der Waals surface area contributed by atoms with E-state index >= 15 is 0 Å². The Morgan fingerprint density at radius 1 is 1.22 bits per heavy atom. The van der Waals surface area contributed by atoms with Gasteiger partial charge in [0.2, 0.25) is 0 Å². The number of nitrogens with one attached hydrogen (secondary N) is 1. The smallest absolute Gasteiger partial charge is 0.143 e. The van der Waals surface area contributed by atoms with Crippen molar-refractivity contribution in [3.05, 3.63) is 12.2 Å². The van der Waals surface area contributed by atoms with Gasteiger partial charge >= 0.3 is 0 Å². The van der Waals surface area contributed by atoms with E-state index in [2.05, 4.69) is 29.2 Å². The largest absolute Gasteiger partial charge is 0.304 e. The maximum absolute atomic E-state index is 4.42. The van der Waals surface area contributed by atoms with E-state index in [9.17, 15) is 0 Å². The molecule has 1 aliphatic rings. The topological polar surface area (TPSA) is 42.7 Å². The summed E-state index contributed by atoms with van der Waals surface area (Å²) >= 11 is 0. The predicted molar refractivity (Wildman–Crippen MR) is 73.2 cm³/mol. The Morgan fingerprint density at radius 2 is 1.89 bits per heavy atom. The molecule has 0 amide bonds. The molecule has 1 N–H and O–H groups in total. The zero-order valence-electron chi connectivity index (χ0n) is 11.9. The Kier molecular flexibility index (Phi) is 4.75. The molecule has 4 heteroatoms. The van der Waals surface area contributed by atoms with Crippen LogP contribution in [0.15, 0.2) is 6.33 Å². The summed E-state index contributed by atoms with van der Waals surface area (Å²) in [5, 5.41) is 8.01. The van der Waals surface area contributed by atoms with E-state index < -0.39 is 0 Å².